The maximum atomic E-state index is 11.1. The number of Topliss-reactive ketones (excluding diaryl/α,β-unsaturated/α-hetero) is 1. The minimum Gasteiger partial charge on any atom is -0.368 e. The lowest BCUT2D eigenvalue weighted by Gasteiger charge is -2.18. The van der Waals surface area contributed by atoms with Gasteiger partial charge in [-0.1, -0.05) is 6.08 Å². The standard InChI is InChI=1S/C10H18O2/c1-5-6-7-9(11)8-12-10(2,3)4/h5H,1,6-8H2,2-4H3. The number of ether oxygens (including phenoxy) is 1. The summed E-state index contributed by atoms with van der Waals surface area (Å²) in [5.74, 6) is 0.143. The van der Waals surface area contributed by atoms with Gasteiger partial charge in [-0.2, -0.15) is 0 Å². The van der Waals surface area contributed by atoms with E-state index in [0.29, 0.717) is 6.42 Å². The molecule has 0 aromatic carbocycles. The molecule has 0 spiro atoms. The van der Waals surface area contributed by atoms with Crippen molar-refractivity contribution in [1.29, 1.82) is 0 Å². The summed E-state index contributed by atoms with van der Waals surface area (Å²) in [6.45, 7) is 9.58. The van der Waals surface area contributed by atoms with E-state index in [0.717, 1.165) is 6.42 Å². The third-order valence-electron chi connectivity index (χ3n) is 1.29. The van der Waals surface area contributed by atoms with Gasteiger partial charge in [0, 0.05) is 6.42 Å². The highest BCUT2D eigenvalue weighted by molar-refractivity contribution is 5.79. The molecular weight excluding hydrogens is 152 g/mol. The molecule has 12 heavy (non-hydrogen) atoms. The lowest BCUT2D eigenvalue weighted by atomic mass is 10.2. The maximum absolute atomic E-state index is 11.1. The van der Waals surface area contributed by atoms with Crippen molar-refractivity contribution in [2.24, 2.45) is 0 Å². The van der Waals surface area contributed by atoms with Gasteiger partial charge in [-0.05, 0) is 27.2 Å². The number of allylic oxidation sites excluding steroid dienone is 1. The summed E-state index contributed by atoms with van der Waals surface area (Å²) in [6, 6.07) is 0. The monoisotopic (exact) mass is 170 g/mol. The lowest BCUT2D eigenvalue weighted by molar-refractivity contribution is -0.128. The van der Waals surface area contributed by atoms with Crippen molar-refractivity contribution < 1.29 is 9.53 Å². The fraction of sp³-hybridized carbons (Fsp3) is 0.700. The van der Waals surface area contributed by atoms with Crippen LogP contribution in [0, 0.1) is 0 Å². The molecular formula is C10H18O2. The van der Waals surface area contributed by atoms with E-state index in [-0.39, 0.29) is 18.0 Å². The van der Waals surface area contributed by atoms with Gasteiger partial charge in [-0.3, -0.25) is 4.79 Å². The molecule has 0 unspecified atom stereocenters. The van der Waals surface area contributed by atoms with Crippen molar-refractivity contribution in [3.63, 3.8) is 0 Å². The molecule has 0 aromatic rings. The second kappa shape index (κ2) is 5.09. The summed E-state index contributed by atoms with van der Waals surface area (Å²) in [7, 11) is 0. The van der Waals surface area contributed by atoms with Crippen LogP contribution in [0.4, 0.5) is 0 Å². The van der Waals surface area contributed by atoms with E-state index in [1.54, 1.807) is 6.08 Å². The average Bonchev–Trinajstić information content (AvgIpc) is 1.95. The zero-order chi connectivity index (χ0) is 9.61. The highest BCUT2D eigenvalue weighted by Crippen LogP contribution is 2.06. The Balaban J connectivity index is 3.51. The number of rotatable bonds is 5. The number of hydrogen-bond acceptors (Lipinski definition) is 2. The Kier molecular flexibility index (Phi) is 4.83. The van der Waals surface area contributed by atoms with Crippen LogP contribution in [0.5, 0.6) is 0 Å². The van der Waals surface area contributed by atoms with Crippen LogP contribution in [0.2, 0.25) is 0 Å². The van der Waals surface area contributed by atoms with E-state index < -0.39 is 0 Å². The van der Waals surface area contributed by atoms with E-state index in [1.165, 1.54) is 0 Å². The van der Waals surface area contributed by atoms with Crippen molar-refractivity contribution in [3.8, 4) is 0 Å². The van der Waals surface area contributed by atoms with Gasteiger partial charge in [-0.25, -0.2) is 0 Å². The Hall–Kier alpha value is -0.630. The summed E-state index contributed by atoms with van der Waals surface area (Å²) in [6.07, 6.45) is 3.03. The van der Waals surface area contributed by atoms with E-state index in [2.05, 4.69) is 6.58 Å². The van der Waals surface area contributed by atoms with E-state index in [9.17, 15) is 4.79 Å². The van der Waals surface area contributed by atoms with Gasteiger partial charge in [0.25, 0.3) is 0 Å². The molecule has 70 valence electrons. The molecule has 0 fully saturated rings. The third-order valence-corrected chi connectivity index (χ3v) is 1.29. The Morgan fingerprint density at radius 3 is 2.50 bits per heavy atom. The summed E-state index contributed by atoms with van der Waals surface area (Å²) in [4.78, 5) is 11.1. The first-order valence-corrected chi connectivity index (χ1v) is 4.22. The zero-order valence-corrected chi connectivity index (χ0v) is 8.22. The molecule has 0 heterocycles. The van der Waals surface area contributed by atoms with Gasteiger partial charge in [0.15, 0.2) is 5.78 Å². The molecule has 0 radical (unpaired) electrons. The molecule has 0 rings (SSSR count). The highest BCUT2D eigenvalue weighted by Gasteiger charge is 2.11. The Bertz CT molecular complexity index is 154. The quantitative estimate of drug-likeness (QED) is 0.592. The fourth-order valence-corrected chi connectivity index (χ4v) is 0.632. The number of carbonyl (C=O) groups is 1. The van der Waals surface area contributed by atoms with Crippen molar-refractivity contribution >= 4 is 5.78 Å². The van der Waals surface area contributed by atoms with Crippen LogP contribution >= 0.6 is 0 Å². The first-order chi connectivity index (χ1) is 5.45. The van der Waals surface area contributed by atoms with Gasteiger partial charge < -0.3 is 4.74 Å². The van der Waals surface area contributed by atoms with E-state index >= 15 is 0 Å². The van der Waals surface area contributed by atoms with Gasteiger partial charge in [0.2, 0.25) is 0 Å². The van der Waals surface area contributed by atoms with E-state index in [1.807, 2.05) is 20.8 Å². The van der Waals surface area contributed by atoms with Crippen LogP contribution in [0.25, 0.3) is 0 Å². The average molecular weight is 170 g/mol. The summed E-state index contributed by atoms with van der Waals surface area (Å²) < 4.78 is 5.30. The lowest BCUT2D eigenvalue weighted by Crippen LogP contribution is -2.23. The highest BCUT2D eigenvalue weighted by atomic mass is 16.5. The number of carbonyl (C=O) groups excluding carboxylic acids is 1. The van der Waals surface area contributed by atoms with Crippen LogP contribution in [-0.2, 0) is 9.53 Å². The van der Waals surface area contributed by atoms with Gasteiger partial charge in [0.05, 0.1) is 5.60 Å². The SMILES string of the molecule is C=CCCC(=O)COC(C)(C)C. The molecule has 2 heteroatoms. The van der Waals surface area contributed by atoms with Crippen LogP contribution < -0.4 is 0 Å². The van der Waals surface area contributed by atoms with Gasteiger partial charge >= 0.3 is 0 Å². The largest absolute Gasteiger partial charge is 0.368 e. The summed E-state index contributed by atoms with van der Waals surface area (Å²) in [5.41, 5.74) is -0.218. The molecule has 0 atom stereocenters. The molecule has 0 aromatic heterocycles. The molecule has 0 aliphatic rings. The van der Waals surface area contributed by atoms with Gasteiger partial charge in [-0.15, -0.1) is 6.58 Å². The van der Waals surface area contributed by atoms with Crippen LogP contribution in [0.15, 0.2) is 12.7 Å². The second-order valence-electron chi connectivity index (χ2n) is 3.77. The molecule has 0 saturated carbocycles. The van der Waals surface area contributed by atoms with Crippen LogP contribution in [-0.4, -0.2) is 18.0 Å². The van der Waals surface area contributed by atoms with Crippen molar-refractivity contribution in [2.75, 3.05) is 6.61 Å². The number of hydrogen-bond donors (Lipinski definition) is 0. The van der Waals surface area contributed by atoms with Gasteiger partial charge in [0.1, 0.15) is 6.61 Å². The Labute approximate surface area is 74.6 Å². The fourth-order valence-electron chi connectivity index (χ4n) is 0.632. The van der Waals surface area contributed by atoms with Crippen molar-refractivity contribution in [1.82, 2.24) is 0 Å². The third kappa shape index (κ3) is 7.48. The predicted octanol–water partition coefficient (Wildman–Crippen LogP) is 2.34. The topological polar surface area (TPSA) is 26.3 Å². The maximum Gasteiger partial charge on any atom is 0.158 e. The molecule has 0 amide bonds. The van der Waals surface area contributed by atoms with Crippen LogP contribution in [0.3, 0.4) is 0 Å². The minimum atomic E-state index is -0.218. The van der Waals surface area contributed by atoms with E-state index in [4.69, 9.17) is 4.74 Å². The molecule has 0 N–H and O–H groups in total. The number of ketones is 1. The zero-order valence-electron chi connectivity index (χ0n) is 8.22. The summed E-state index contributed by atoms with van der Waals surface area (Å²) >= 11 is 0. The van der Waals surface area contributed by atoms with Crippen molar-refractivity contribution in [2.45, 2.75) is 39.2 Å². The summed E-state index contributed by atoms with van der Waals surface area (Å²) in [5, 5.41) is 0. The smallest absolute Gasteiger partial charge is 0.158 e. The normalized spacial score (nSPS) is 11.2. The first kappa shape index (κ1) is 11.4. The first-order valence-electron chi connectivity index (χ1n) is 4.22. The molecule has 0 saturated heterocycles. The van der Waals surface area contributed by atoms with Crippen molar-refractivity contribution in [3.05, 3.63) is 12.7 Å². The van der Waals surface area contributed by atoms with Crippen LogP contribution in [0.1, 0.15) is 33.6 Å². The Morgan fingerprint density at radius 2 is 2.08 bits per heavy atom. The molecule has 0 bridgehead atoms. The second-order valence-corrected chi connectivity index (χ2v) is 3.77. The Morgan fingerprint density at radius 1 is 1.50 bits per heavy atom. The molecule has 2 nitrogen and oxygen atoms in total. The molecule has 0 aliphatic heterocycles. The minimum absolute atomic E-state index is 0.143. The predicted molar refractivity (Wildman–Crippen MR) is 50.1 cm³/mol. The molecule has 0 aliphatic carbocycles.